The van der Waals surface area contributed by atoms with Crippen molar-refractivity contribution in [3.63, 3.8) is 0 Å². The summed E-state index contributed by atoms with van der Waals surface area (Å²) in [6.07, 6.45) is 1.12. The lowest BCUT2D eigenvalue weighted by atomic mass is 10.2. The van der Waals surface area contributed by atoms with Crippen LogP contribution >= 0.6 is 11.6 Å². The van der Waals surface area contributed by atoms with Crippen molar-refractivity contribution in [1.29, 1.82) is 0 Å². The highest BCUT2D eigenvalue weighted by molar-refractivity contribution is 6.20. The summed E-state index contributed by atoms with van der Waals surface area (Å²) in [5.41, 5.74) is 0. The molecule has 0 bridgehead atoms. The zero-order valence-corrected chi connectivity index (χ0v) is 7.15. The number of rotatable bonds is 4. The molecule has 0 aliphatic rings. The van der Waals surface area contributed by atoms with Crippen LogP contribution in [0.4, 0.5) is 0 Å². The monoisotopic (exact) mass is 164 g/mol. The fourth-order valence-corrected chi connectivity index (χ4v) is 0.659. The largest absolute Gasteiger partial charge is 0.466 e. The average molecular weight is 165 g/mol. The quantitative estimate of drug-likeness (QED) is 0.469. The second-order valence-corrected chi connectivity index (χ2v) is 2.87. The molecule has 0 aliphatic carbocycles. The standard InChI is InChI=1S/C7H13ClO2/c1-3-10-7(9)5-4-6(2)8/h6H,3-5H2,1-2H3. The Labute approximate surface area is 66.5 Å². The molecular weight excluding hydrogens is 152 g/mol. The molecule has 0 aromatic carbocycles. The van der Waals surface area contributed by atoms with Crippen molar-refractivity contribution in [2.24, 2.45) is 0 Å². The van der Waals surface area contributed by atoms with Gasteiger partial charge in [-0.3, -0.25) is 4.79 Å². The summed E-state index contributed by atoms with van der Waals surface area (Å²) in [5, 5.41) is 0.0596. The van der Waals surface area contributed by atoms with Crippen LogP contribution in [-0.2, 0) is 9.53 Å². The normalized spacial score (nSPS) is 12.7. The molecule has 0 saturated carbocycles. The maximum Gasteiger partial charge on any atom is 0.305 e. The summed E-state index contributed by atoms with van der Waals surface area (Å²) in [6, 6.07) is 0. The van der Waals surface area contributed by atoms with Crippen LogP contribution in [0.25, 0.3) is 0 Å². The van der Waals surface area contributed by atoms with E-state index >= 15 is 0 Å². The van der Waals surface area contributed by atoms with Gasteiger partial charge < -0.3 is 4.74 Å². The molecule has 0 aromatic heterocycles. The highest BCUT2D eigenvalue weighted by atomic mass is 35.5. The zero-order chi connectivity index (χ0) is 7.98. The van der Waals surface area contributed by atoms with Crippen LogP contribution in [0.2, 0.25) is 0 Å². The molecule has 0 saturated heterocycles. The van der Waals surface area contributed by atoms with Gasteiger partial charge in [0.15, 0.2) is 0 Å². The molecule has 0 fully saturated rings. The Bertz CT molecular complexity index is 102. The van der Waals surface area contributed by atoms with Crippen molar-refractivity contribution in [2.75, 3.05) is 6.61 Å². The van der Waals surface area contributed by atoms with E-state index in [1.165, 1.54) is 0 Å². The van der Waals surface area contributed by atoms with E-state index < -0.39 is 0 Å². The minimum atomic E-state index is -0.157. The summed E-state index contributed by atoms with van der Waals surface area (Å²) in [5.74, 6) is -0.157. The summed E-state index contributed by atoms with van der Waals surface area (Å²) in [4.78, 5) is 10.7. The number of ether oxygens (including phenoxy) is 1. The Kier molecular flexibility index (Phi) is 5.40. The first-order chi connectivity index (χ1) is 4.66. The fourth-order valence-electron chi connectivity index (χ4n) is 0.550. The number of carbonyl (C=O) groups excluding carboxylic acids is 1. The second-order valence-electron chi connectivity index (χ2n) is 2.12. The van der Waals surface area contributed by atoms with Crippen LogP contribution < -0.4 is 0 Å². The third-order valence-electron chi connectivity index (χ3n) is 1.05. The van der Waals surface area contributed by atoms with E-state index in [1.807, 2.05) is 6.92 Å². The summed E-state index contributed by atoms with van der Waals surface area (Å²) >= 11 is 5.61. The summed E-state index contributed by atoms with van der Waals surface area (Å²) < 4.78 is 4.69. The first kappa shape index (κ1) is 9.76. The van der Waals surface area contributed by atoms with Crippen molar-refractivity contribution in [2.45, 2.75) is 32.1 Å². The van der Waals surface area contributed by atoms with E-state index in [-0.39, 0.29) is 11.3 Å². The Balaban J connectivity index is 3.22. The topological polar surface area (TPSA) is 26.3 Å². The molecular formula is C7H13ClO2. The molecule has 0 radical (unpaired) electrons. The Morgan fingerprint density at radius 2 is 2.30 bits per heavy atom. The maximum absolute atomic E-state index is 10.7. The lowest BCUT2D eigenvalue weighted by molar-refractivity contribution is -0.143. The molecule has 0 heterocycles. The Hall–Kier alpha value is -0.240. The van der Waals surface area contributed by atoms with Gasteiger partial charge >= 0.3 is 5.97 Å². The van der Waals surface area contributed by atoms with Gasteiger partial charge in [-0.15, -0.1) is 11.6 Å². The van der Waals surface area contributed by atoms with E-state index in [1.54, 1.807) is 6.92 Å². The summed E-state index contributed by atoms with van der Waals surface area (Å²) in [7, 11) is 0. The second kappa shape index (κ2) is 5.54. The number of carbonyl (C=O) groups is 1. The van der Waals surface area contributed by atoms with E-state index in [0.29, 0.717) is 19.4 Å². The maximum atomic E-state index is 10.7. The van der Waals surface area contributed by atoms with E-state index in [4.69, 9.17) is 16.3 Å². The minimum absolute atomic E-state index is 0.0596. The Morgan fingerprint density at radius 1 is 1.70 bits per heavy atom. The molecule has 3 heteroatoms. The van der Waals surface area contributed by atoms with Gasteiger partial charge in [0.05, 0.1) is 6.61 Å². The van der Waals surface area contributed by atoms with Crippen molar-refractivity contribution >= 4 is 17.6 Å². The molecule has 1 unspecified atom stereocenters. The smallest absolute Gasteiger partial charge is 0.305 e. The van der Waals surface area contributed by atoms with E-state index in [2.05, 4.69) is 0 Å². The van der Waals surface area contributed by atoms with Crippen molar-refractivity contribution in [3.05, 3.63) is 0 Å². The SMILES string of the molecule is CCOC(=O)CCC(C)Cl. The molecule has 10 heavy (non-hydrogen) atoms. The first-order valence-electron chi connectivity index (χ1n) is 3.46. The van der Waals surface area contributed by atoms with Crippen molar-refractivity contribution in [1.82, 2.24) is 0 Å². The van der Waals surface area contributed by atoms with Gasteiger partial charge in [0.2, 0.25) is 0 Å². The lowest BCUT2D eigenvalue weighted by Gasteiger charge is -2.01. The lowest BCUT2D eigenvalue weighted by Crippen LogP contribution is -2.05. The van der Waals surface area contributed by atoms with Crippen LogP contribution in [0.15, 0.2) is 0 Å². The molecule has 0 N–H and O–H groups in total. The summed E-state index contributed by atoms with van der Waals surface area (Å²) in [6.45, 7) is 4.11. The third kappa shape index (κ3) is 5.89. The molecule has 1 atom stereocenters. The van der Waals surface area contributed by atoms with Gasteiger partial charge in [0.1, 0.15) is 0 Å². The molecule has 60 valence electrons. The third-order valence-corrected chi connectivity index (χ3v) is 1.27. The van der Waals surface area contributed by atoms with Crippen molar-refractivity contribution in [3.8, 4) is 0 Å². The number of esters is 1. The zero-order valence-electron chi connectivity index (χ0n) is 6.39. The number of halogens is 1. The van der Waals surface area contributed by atoms with Gasteiger partial charge in [0.25, 0.3) is 0 Å². The fraction of sp³-hybridized carbons (Fsp3) is 0.857. The van der Waals surface area contributed by atoms with Crippen LogP contribution in [-0.4, -0.2) is 18.0 Å². The number of alkyl halides is 1. The van der Waals surface area contributed by atoms with Crippen LogP contribution in [0.3, 0.4) is 0 Å². The highest BCUT2D eigenvalue weighted by Gasteiger charge is 2.03. The molecule has 0 aliphatic heterocycles. The minimum Gasteiger partial charge on any atom is -0.466 e. The van der Waals surface area contributed by atoms with Gasteiger partial charge in [-0.25, -0.2) is 0 Å². The molecule has 0 rings (SSSR count). The highest BCUT2D eigenvalue weighted by Crippen LogP contribution is 2.04. The van der Waals surface area contributed by atoms with Crippen molar-refractivity contribution < 1.29 is 9.53 Å². The molecule has 0 spiro atoms. The van der Waals surface area contributed by atoms with Crippen LogP contribution in [0, 0.1) is 0 Å². The van der Waals surface area contributed by atoms with Crippen LogP contribution in [0.5, 0.6) is 0 Å². The van der Waals surface area contributed by atoms with Gasteiger partial charge in [0, 0.05) is 11.8 Å². The van der Waals surface area contributed by atoms with E-state index in [0.717, 1.165) is 0 Å². The van der Waals surface area contributed by atoms with Gasteiger partial charge in [-0.05, 0) is 20.3 Å². The molecule has 0 aromatic rings. The first-order valence-corrected chi connectivity index (χ1v) is 3.90. The van der Waals surface area contributed by atoms with Crippen LogP contribution in [0.1, 0.15) is 26.7 Å². The molecule has 0 amide bonds. The predicted molar refractivity (Wildman–Crippen MR) is 41.2 cm³/mol. The van der Waals surface area contributed by atoms with Gasteiger partial charge in [-0.1, -0.05) is 0 Å². The predicted octanol–water partition coefficient (Wildman–Crippen LogP) is 1.96. The molecule has 2 nitrogen and oxygen atoms in total. The Morgan fingerprint density at radius 3 is 2.70 bits per heavy atom. The van der Waals surface area contributed by atoms with Gasteiger partial charge in [-0.2, -0.15) is 0 Å². The number of hydrogen-bond donors (Lipinski definition) is 0. The number of hydrogen-bond acceptors (Lipinski definition) is 2. The van der Waals surface area contributed by atoms with E-state index in [9.17, 15) is 4.79 Å². The average Bonchev–Trinajstić information content (AvgIpc) is 1.85.